The molecule has 1 aromatic carbocycles. The first-order valence-corrected chi connectivity index (χ1v) is 6.44. The molecule has 0 saturated carbocycles. The van der Waals surface area contributed by atoms with Gasteiger partial charge in [0, 0.05) is 18.0 Å². The van der Waals surface area contributed by atoms with Gasteiger partial charge in [0.15, 0.2) is 0 Å². The van der Waals surface area contributed by atoms with E-state index in [4.69, 9.17) is 23.2 Å². The Labute approximate surface area is 121 Å². The molecule has 0 aromatic heterocycles. The van der Waals surface area contributed by atoms with Crippen molar-refractivity contribution in [3.63, 3.8) is 0 Å². The lowest BCUT2D eigenvalue weighted by Crippen LogP contribution is -2.34. The summed E-state index contributed by atoms with van der Waals surface area (Å²) in [5.41, 5.74) is 0.420. The zero-order valence-electron chi connectivity index (χ0n) is 10.4. The quantitative estimate of drug-likeness (QED) is 0.748. The van der Waals surface area contributed by atoms with Crippen molar-refractivity contribution in [3.05, 3.63) is 28.2 Å². The average Bonchev–Trinajstić information content (AvgIpc) is 2.38. The van der Waals surface area contributed by atoms with E-state index in [1.165, 1.54) is 0 Å². The zero-order valence-corrected chi connectivity index (χ0v) is 11.9. The van der Waals surface area contributed by atoms with Gasteiger partial charge in [-0.3, -0.25) is 9.59 Å². The predicted molar refractivity (Wildman–Crippen MR) is 76.6 cm³/mol. The average molecular weight is 304 g/mol. The molecular weight excluding hydrogens is 289 g/mol. The lowest BCUT2D eigenvalue weighted by Gasteiger charge is -2.08. The minimum absolute atomic E-state index is 0.106. The van der Waals surface area contributed by atoms with Crippen molar-refractivity contribution in [1.82, 2.24) is 10.6 Å². The summed E-state index contributed by atoms with van der Waals surface area (Å²) in [5.74, 6) is -0.552. The van der Waals surface area contributed by atoms with Crippen LogP contribution in [-0.2, 0) is 9.59 Å². The van der Waals surface area contributed by atoms with Gasteiger partial charge in [0.25, 0.3) is 0 Å². The summed E-state index contributed by atoms with van der Waals surface area (Å²) in [7, 11) is 1.75. The Morgan fingerprint density at radius 1 is 1.21 bits per heavy atom. The first-order chi connectivity index (χ1) is 9.02. The van der Waals surface area contributed by atoms with Crippen LogP contribution >= 0.6 is 23.2 Å². The second kappa shape index (κ2) is 7.99. The number of benzene rings is 1. The van der Waals surface area contributed by atoms with Crippen LogP contribution < -0.4 is 16.0 Å². The molecule has 3 N–H and O–H groups in total. The van der Waals surface area contributed by atoms with Crippen molar-refractivity contribution in [3.8, 4) is 0 Å². The molecular formula is C12H15Cl2N3O2. The molecule has 0 aliphatic heterocycles. The van der Waals surface area contributed by atoms with Gasteiger partial charge in [-0.1, -0.05) is 23.2 Å². The summed E-state index contributed by atoms with van der Waals surface area (Å²) >= 11 is 11.7. The molecule has 0 aliphatic carbocycles. The molecule has 0 aliphatic rings. The van der Waals surface area contributed by atoms with Crippen molar-refractivity contribution in [2.24, 2.45) is 0 Å². The highest BCUT2D eigenvalue weighted by atomic mass is 35.5. The first kappa shape index (κ1) is 15.8. The maximum absolute atomic E-state index is 11.6. The van der Waals surface area contributed by atoms with E-state index in [1.807, 2.05) is 0 Å². The number of nitrogens with one attached hydrogen (secondary N) is 3. The first-order valence-electron chi connectivity index (χ1n) is 5.69. The molecule has 1 rings (SSSR count). The lowest BCUT2D eigenvalue weighted by molar-refractivity contribution is -0.124. The van der Waals surface area contributed by atoms with Crippen LogP contribution in [0, 0.1) is 0 Å². The normalized spacial score (nSPS) is 10.1. The van der Waals surface area contributed by atoms with Crippen LogP contribution in [0.1, 0.15) is 6.42 Å². The third-order valence-corrected chi connectivity index (χ3v) is 2.82. The lowest BCUT2D eigenvalue weighted by atomic mass is 10.3. The van der Waals surface area contributed by atoms with Gasteiger partial charge in [-0.15, -0.1) is 0 Å². The highest BCUT2D eigenvalue weighted by molar-refractivity contribution is 6.35. The van der Waals surface area contributed by atoms with E-state index in [9.17, 15) is 9.59 Å². The Bertz CT molecular complexity index is 466. The Kier molecular flexibility index (Phi) is 6.62. The number of rotatable bonds is 6. The highest BCUT2D eigenvalue weighted by Crippen LogP contribution is 2.25. The van der Waals surface area contributed by atoms with E-state index >= 15 is 0 Å². The fourth-order valence-electron chi connectivity index (χ4n) is 1.29. The van der Waals surface area contributed by atoms with E-state index in [1.54, 1.807) is 25.2 Å². The minimum atomic E-state index is -0.359. The molecule has 0 spiro atoms. The van der Waals surface area contributed by atoms with Crippen molar-refractivity contribution in [2.75, 3.05) is 25.5 Å². The molecule has 0 saturated heterocycles. The van der Waals surface area contributed by atoms with Gasteiger partial charge in [-0.25, -0.2) is 0 Å². The topological polar surface area (TPSA) is 70.2 Å². The van der Waals surface area contributed by atoms with Gasteiger partial charge in [0.05, 0.1) is 17.3 Å². The van der Waals surface area contributed by atoms with Crippen molar-refractivity contribution in [2.45, 2.75) is 6.42 Å². The number of hydrogen-bond acceptors (Lipinski definition) is 3. The van der Waals surface area contributed by atoms with Gasteiger partial charge in [-0.05, 0) is 25.2 Å². The van der Waals surface area contributed by atoms with E-state index < -0.39 is 0 Å². The number of carbonyl (C=O) groups excluding carboxylic acids is 2. The second-order valence-corrected chi connectivity index (χ2v) is 4.65. The Balaban J connectivity index is 2.43. The van der Waals surface area contributed by atoms with Gasteiger partial charge in [0.2, 0.25) is 11.8 Å². The standard InChI is InChI=1S/C12H15Cl2N3O2/c1-15-5-4-11(18)16-7-12(19)17-10-6-8(13)2-3-9(10)14/h2-3,6,15H,4-5,7H2,1H3,(H,16,18)(H,17,19). The summed E-state index contributed by atoms with van der Waals surface area (Å²) in [4.78, 5) is 22.9. The third kappa shape index (κ3) is 5.92. The molecule has 19 heavy (non-hydrogen) atoms. The van der Waals surface area contributed by atoms with Crippen molar-refractivity contribution >= 4 is 40.7 Å². The van der Waals surface area contributed by atoms with E-state index in [-0.39, 0.29) is 18.4 Å². The Morgan fingerprint density at radius 3 is 2.63 bits per heavy atom. The van der Waals surface area contributed by atoms with E-state index in [0.717, 1.165) is 0 Å². The maximum atomic E-state index is 11.6. The van der Waals surface area contributed by atoms with Crippen LogP contribution in [0.2, 0.25) is 10.0 Å². The number of hydrogen-bond donors (Lipinski definition) is 3. The van der Waals surface area contributed by atoms with Crippen LogP contribution in [-0.4, -0.2) is 32.0 Å². The smallest absolute Gasteiger partial charge is 0.243 e. The van der Waals surface area contributed by atoms with Crippen LogP contribution in [0.25, 0.3) is 0 Å². The number of amides is 2. The highest BCUT2D eigenvalue weighted by Gasteiger charge is 2.08. The maximum Gasteiger partial charge on any atom is 0.243 e. The molecule has 0 atom stereocenters. The van der Waals surface area contributed by atoms with Gasteiger partial charge < -0.3 is 16.0 Å². The molecule has 1 aromatic rings. The van der Waals surface area contributed by atoms with Crippen LogP contribution in [0.4, 0.5) is 5.69 Å². The number of anilines is 1. The van der Waals surface area contributed by atoms with Crippen LogP contribution in [0.5, 0.6) is 0 Å². The molecule has 2 amide bonds. The number of carbonyl (C=O) groups is 2. The fourth-order valence-corrected chi connectivity index (χ4v) is 1.63. The second-order valence-electron chi connectivity index (χ2n) is 3.80. The molecule has 0 heterocycles. The predicted octanol–water partition coefficient (Wildman–Crippen LogP) is 1.66. The van der Waals surface area contributed by atoms with Crippen LogP contribution in [0.15, 0.2) is 18.2 Å². The summed E-state index contributed by atoms with van der Waals surface area (Å²) in [6.07, 6.45) is 0.321. The zero-order chi connectivity index (χ0) is 14.3. The summed E-state index contributed by atoms with van der Waals surface area (Å²) in [6.45, 7) is 0.457. The van der Waals surface area contributed by atoms with Gasteiger partial charge >= 0.3 is 0 Å². The summed E-state index contributed by atoms with van der Waals surface area (Å²) in [6, 6.07) is 4.76. The Morgan fingerprint density at radius 2 is 1.95 bits per heavy atom. The SMILES string of the molecule is CNCCC(=O)NCC(=O)Nc1cc(Cl)ccc1Cl. The van der Waals surface area contributed by atoms with Crippen LogP contribution in [0.3, 0.4) is 0 Å². The monoisotopic (exact) mass is 303 g/mol. The largest absolute Gasteiger partial charge is 0.347 e. The summed E-state index contributed by atoms with van der Waals surface area (Å²) < 4.78 is 0. The van der Waals surface area contributed by atoms with Gasteiger partial charge in [0.1, 0.15) is 0 Å². The fraction of sp³-hybridized carbons (Fsp3) is 0.333. The number of halogens is 2. The van der Waals surface area contributed by atoms with Crippen molar-refractivity contribution in [1.29, 1.82) is 0 Å². The summed E-state index contributed by atoms with van der Waals surface area (Å²) in [5, 5.41) is 8.79. The Hall–Kier alpha value is -1.30. The molecule has 0 fully saturated rings. The molecule has 0 radical (unpaired) electrons. The molecule has 0 bridgehead atoms. The molecule has 5 nitrogen and oxygen atoms in total. The van der Waals surface area contributed by atoms with Gasteiger partial charge in [-0.2, -0.15) is 0 Å². The molecule has 104 valence electrons. The van der Waals surface area contributed by atoms with E-state index in [0.29, 0.717) is 28.7 Å². The minimum Gasteiger partial charge on any atom is -0.347 e. The molecule has 0 unspecified atom stereocenters. The van der Waals surface area contributed by atoms with Crippen molar-refractivity contribution < 1.29 is 9.59 Å². The third-order valence-electron chi connectivity index (χ3n) is 2.25. The van der Waals surface area contributed by atoms with E-state index in [2.05, 4.69) is 16.0 Å². The molecule has 7 heteroatoms.